The number of rotatable bonds is 20. The molecule has 16 atom stereocenters. The lowest BCUT2D eigenvalue weighted by Gasteiger charge is -2.46. The zero-order valence-corrected chi connectivity index (χ0v) is 46.8. The van der Waals surface area contributed by atoms with E-state index in [-0.39, 0.29) is 142 Å². The van der Waals surface area contributed by atoms with Crippen molar-refractivity contribution < 1.29 is 74.1 Å². The quantitative estimate of drug-likeness (QED) is 0.0891. The van der Waals surface area contributed by atoms with Gasteiger partial charge in [0.05, 0.1) is 70.7 Å². The Morgan fingerprint density at radius 2 is 0.625 bits per heavy atom. The summed E-state index contributed by atoms with van der Waals surface area (Å²) in [5.74, 6) is -2.90. The van der Waals surface area contributed by atoms with E-state index in [9.17, 15) is 74.1 Å². The minimum Gasteiger partial charge on any atom is -0.480 e. The van der Waals surface area contributed by atoms with Crippen molar-refractivity contribution in [3.63, 3.8) is 0 Å². The van der Waals surface area contributed by atoms with Gasteiger partial charge in [0, 0.05) is 86.3 Å². The Kier molecular flexibility index (Phi) is 19.8. The number of carbonyl (C=O) groups is 8. The maximum Gasteiger partial charge on any atom is 0.317 e. The normalized spacial score (nSPS) is 35.4. The maximum atomic E-state index is 13.6. The molecule has 448 valence electrons. The van der Waals surface area contributed by atoms with E-state index in [0.29, 0.717) is 82.2 Å². The van der Waals surface area contributed by atoms with Gasteiger partial charge in [0.1, 0.15) is 0 Å². The molecular weight excluding hydrogens is 1040 g/mol. The number of amides is 4. The minimum absolute atomic E-state index is 0.0104. The topological polar surface area (TPSA) is 304 Å². The van der Waals surface area contributed by atoms with Crippen molar-refractivity contribution in [3.8, 4) is 0 Å². The Labute approximate surface area is 469 Å². The van der Waals surface area contributed by atoms with Crippen molar-refractivity contribution in [1.29, 1.82) is 0 Å². The van der Waals surface area contributed by atoms with Crippen LogP contribution in [0.1, 0.15) is 135 Å². The summed E-state index contributed by atoms with van der Waals surface area (Å²) in [6.07, 6.45) is 14.2. The van der Waals surface area contributed by atoms with E-state index in [1.807, 2.05) is 14.7 Å². The first-order valence-corrected chi connectivity index (χ1v) is 30.3. The molecule has 10 fully saturated rings. The molecule has 10 aliphatic rings. The average molecular weight is 1130 g/mol. The van der Waals surface area contributed by atoms with Crippen LogP contribution in [0.3, 0.4) is 0 Å². The molecule has 80 heavy (non-hydrogen) atoms. The third-order valence-electron chi connectivity index (χ3n) is 20.8. The Bertz CT molecular complexity index is 2050. The zero-order valence-electron chi connectivity index (χ0n) is 46.8. The fourth-order valence-electron chi connectivity index (χ4n) is 17.0. The van der Waals surface area contributed by atoms with Gasteiger partial charge in [-0.25, -0.2) is 0 Å². The highest BCUT2D eigenvalue weighted by molar-refractivity contribution is 5.82. The van der Waals surface area contributed by atoms with Gasteiger partial charge in [-0.1, -0.05) is 32.6 Å². The number of hydrogen-bond donors (Lipinski definition) is 7. The van der Waals surface area contributed by atoms with Gasteiger partial charge < -0.3 is 55.3 Å². The lowest BCUT2D eigenvalue weighted by atomic mass is 9.86. The molecule has 8 bridgehead atoms. The van der Waals surface area contributed by atoms with Crippen LogP contribution in [-0.4, -0.2) is 268 Å². The lowest BCUT2D eigenvalue weighted by molar-refractivity contribution is -0.149. The van der Waals surface area contributed by atoms with Crippen molar-refractivity contribution in [2.75, 3.05) is 78.5 Å². The largest absolute Gasteiger partial charge is 0.480 e. The number of piperidine rings is 4. The molecule has 10 rings (SSSR count). The van der Waals surface area contributed by atoms with E-state index in [0.717, 1.165) is 90.1 Å². The standard InChI is InChI=1S/C29H46N4O7.C28H44N4O8/c1-18-19-6-7-20(18)11-32(10-19)25(34)14-30(16-27(36)37)23-4-2-3-5-24(23)31(17-28(38)39)15-26(35)33-12-21-8-9-22(13-33)29(21)40;33-21-9-17-5-6-18(10-21)31(17)25(35)13-29(15-27(37)38)23-3-1-2-4-24(23)30(16-28(39)40)14-26(36)32-19-7-8-20(32)12-22(34)11-19/h18-24,29,40H,2-17H2,1H3,(H,36,37)(H,38,39);17-24,33-34H,1-16H2,(H,37,38)(H,39,40)/t18?,19-,20+,21-,22+,23?,24?,29?;17-,18+,19-,20+,21?,22?,23?,24?. The van der Waals surface area contributed by atoms with Gasteiger partial charge in [-0.3, -0.25) is 58.0 Å². The van der Waals surface area contributed by atoms with Crippen LogP contribution in [0.4, 0.5) is 0 Å². The van der Waals surface area contributed by atoms with Crippen LogP contribution in [0.15, 0.2) is 0 Å². The van der Waals surface area contributed by atoms with Crippen LogP contribution < -0.4 is 0 Å². The highest BCUT2D eigenvalue weighted by atomic mass is 16.4. The molecule has 23 nitrogen and oxygen atoms in total. The second-order valence-electron chi connectivity index (χ2n) is 25.8. The molecule has 4 aliphatic carbocycles. The van der Waals surface area contributed by atoms with E-state index in [4.69, 9.17) is 0 Å². The summed E-state index contributed by atoms with van der Waals surface area (Å²) >= 11 is 0. The minimum atomic E-state index is -1.06. The number of nitrogens with zero attached hydrogens (tertiary/aromatic N) is 8. The molecule has 4 saturated carbocycles. The fraction of sp³-hybridized carbons (Fsp3) is 0.860. The number of aliphatic carboxylic acids is 4. The van der Waals surface area contributed by atoms with Gasteiger partial charge in [0.25, 0.3) is 0 Å². The molecule has 6 aliphatic heterocycles. The number of likely N-dealkylation sites (tertiary alicyclic amines) is 2. The number of fused-ring (bicyclic) bond motifs is 8. The Balaban J connectivity index is 0.000000194. The van der Waals surface area contributed by atoms with Crippen molar-refractivity contribution in [3.05, 3.63) is 0 Å². The summed E-state index contributed by atoms with van der Waals surface area (Å²) in [5, 5.41) is 69.8. The summed E-state index contributed by atoms with van der Waals surface area (Å²) in [7, 11) is 0. The van der Waals surface area contributed by atoms with E-state index in [1.54, 1.807) is 24.5 Å². The third kappa shape index (κ3) is 14.1. The molecule has 8 unspecified atom stereocenters. The van der Waals surface area contributed by atoms with Crippen LogP contribution in [0.5, 0.6) is 0 Å². The summed E-state index contributed by atoms with van der Waals surface area (Å²) in [6, 6.07) is -1.57. The number of hydrogen-bond acceptors (Lipinski definition) is 15. The van der Waals surface area contributed by atoms with Gasteiger partial charge >= 0.3 is 23.9 Å². The fourth-order valence-corrected chi connectivity index (χ4v) is 17.0. The Morgan fingerprint density at radius 3 is 0.912 bits per heavy atom. The average Bonchev–Trinajstić information content (AvgIpc) is 3.97. The van der Waals surface area contributed by atoms with Gasteiger partial charge in [0.15, 0.2) is 0 Å². The first-order valence-electron chi connectivity index (χ1n) is 30.3. The molecule has 7 N–H and O–H groups in total. The summed E-state index contributed by atoms with van der Waals surface area (Å²) in [5.41, 5.74) is 0. The van der Waals surface area contributed by atoms with Crippen LogP contribution in [0.2, 0.25) is 0 Å². The van der Waals surface area contributed by atoms with Crippen molar-refractivity contribution in [2.45, 2.75) is 202 Å². The molecule has 0 aromatic rings. The summed E-state index contributed by atoms with van der Waals surface area (Å²) in [4.78, 5) is 116. The van der Waals surface area contributed by atoms with Crippen LogP contribution in [-0.2, 0) is 38.4 Å². The Hall–Kier alpha value is -4.52. The number of aliphatic hydroxyl groups is 3. The molecule has 6 saturated heterocycles. The van der Waals surface area contributed by atoms with Crippen molar-refractivity contribution in [2.24, 2.45) is 29.6 Å². The summed E-state index contributed by atoms with van der Waals surface area (Å²) < 4.78 is 0. The number of aliphatic hydroxyl groups excluding tert-OH is 3. The monoisotopic (exact) mass is 1130 g/mol. The van der Waals surface area contributed by atoms with E-state index >= 15 is 0 Å². The van der Waals surface area contributed by atoms with Gasteiger partial charge in [0.2, 0.25) is 23.6 Å². The molecule has 4 amide bonds. The first-order chi connectivity index (χ1) is 38.2. The number of carboxylic acids is 4. The van der Waals surface area contributed by atoms with Crippen LogP contribution in [0.25, 0.3) is 0 Å². The highest BCUT2D eigenvalue weighted by Gasteiger charge is 2.49. The SMILES string of the molecule is CC1[C@@H]2CC[C@H]1CN(C(=O)CN(CC(=O)O)C1CCCCC1N(CC(=O)O)CC(=O)N1C[C@H]3CC[C@@H](C1)C3O)C2.O=C(O)CN(CC(=O)N1[C@@H]2CC[C@H]1CC(O)C2)C1CCCCC1N(CC(=O)O)CC(=O)N1[C@@H]2CC[C@H]1CC(O)C2. The number of carbonyl (C=O) groups excluding carboxylic acids is 4. The molecule has 0 radical (unpaired) electrons. The molecule has 23 heteroatoms. The van der Waals surface area contributed by atoms with Gasteiger partial charge in [-0.2, -0.15) is 0 Å². The van der Waals surface area contributed by atoms with E-state index in [2.05, 4.69) is 6.92 Å². The molecule has 0 aromatic carbocycles. The predicted molar refractivity (Wildman–Crippen MR) is 287 cm³/mol. The number of carboxylic acid groups (broad SMARTS) is 4. The smallest absolute Gasteiger partial charge is 0.317 e. The van der Waals surface area contributed by atoms with Crippen molar-refractivity contribution >= 4 is 47.5 Å². The van der Waals surface area contributed by atoms with Crippen molar-refractivity contribution in [1.82, 2.24) is 39.2 Å². The maximum absolute atomic E-state index is 13.6. The third-order valence-corrected chi connectivity index (χ3v) is 20.8. The summed E-state index contributed by atoms with van der Waals surface area (Å²) in [6.45, 7) is 3.13. The van der Waals surface area contributed by atoms with Gasteiger partial charge in [-0.05, 0) is 120 Å². The zero-order chi connectivity index (χ0) is 57.1. The Morgan fingerprint density at radius 1 is 0.362 bits per heavy atom. The highest BCUT2D eigenvalue weighted by Crippen LogP contribution is 2.43. The second kappa shape index (κ2) is 26.4. The van der Waals surface area contributed by atoms with E-state index < -0.39 is 36.1 Å². The predicted octanol–water partition coefficient (Wildman–Crippen LogP) is 0.904. The lowest BCUT2D eigenvalue weighted by Crippen LogP contribution is -2.60. The van der Waals surface area contributed by atoms with E-state index in [1.165, 1.54) is 0 Å². The van der Waals surface area contributed by atoms with Crippen LogP contribution >= 0.6 is 0 Å². The van der Waals surface area contributed by atoms with Gasteiger partial charge in [-0.15, -0.1) is 0 Å². The molecular formula is C57H90N8O15. The molecule has 0 spiro atoms. The molecule has 6 heterocycles. The van der Waals surface area contributed by atoms with Crippen LogP contribution in [0, 0.1) is 29.6 Å². The first kappa shape index (κ1) is 60.1. The second-order valence-corrected chi connectivity index (χ2v) is 25.8. The molecule has 0 aromatic heterocycles.